The SMILES string of the molecule is C=C(C)C(=O)NC(C)C(C)(C)S(=O)(=O)O. The Hall–Kier alpha value is -0.880. The highest BCUT2D eigenvalue weighted by Gasteiger charge is 2.39. The number of carbonyl (C=O) groups is 1. The van der Waals surface area contributed by atoms with Crippen molar-refractivity contribution in [1.82, 2.24) is 5.32 Å². The molecule has 1 atom stereocenters. The number of rotatable bonds is 4. The third kappa shape index (κ3) is 3.32. The van der Waals surface area contributed by atoms with E-state index in [0.29, 0.717) is 0 Å². The van der Waals surface area contributed by atoms with E-state index in [2.05, 4.69) is 11.9 Å². The van der Waals surface area contributed by atoms with Gasteiger partial charge in [0.1, 0.15) is 4.75 Å². The van der Waals surface area contributed by atoms with Crippen LogP contribution in [0.25, 0.3) is 0 Å². The van der Waals surface area contributed by atoms with Gasteiger partial charge in [-0.1, -0.05) is 6.58 Å². The van der Waals surface area contributed by atoms with E-state index in [4.69, 9.17) is 4.55 Å². The number of nitrogens with one attached hydrogen (secondary N) is 1. The zero-order valence-corrected chi connectivity index (χ0v) is 10.2. The van der Waals surface area contributed by atoms with E-state index < -0.39 is 26.8 Å². The van der Waals surface area contributed by atoms with Crippen molar-refractivity contribution >= 4 is 16.0 Å². The molecule has 0 aliphatic heterocycles. The molecule has 0 saturated heterocycles. The third-order valence-corrected chi connectivity index (χ3v) is 4.13. The van der Waals surface area contributed by atoms with Gasteiger partial charge in [0.2, 0.25) is 5.91 Å². The Morgan fingerprint density at radius 3 is 2.13 bits per heavy atom. The molecule has 0 aliphatic rings. The topological polar surface area (TPSA) is 83.5 Å². The van der Waals surface area contributed by atoms with Crippen LogP contribution in [0.5, 0.6) is 0 Å². The van der Waals surface area contributed by atoms with E-state index in [9.17, 15) is 13.2 Å². The Balaban J connectivity index is 4.81. The van der Waals surface area contributed by atoms with Crippen LogP contribution in [0.4, 0.5) is 0 Å². The molecule has 0 fully saturated rings. The van der Waals surface area contributed by atoms with E-state index in [1.807, 2.05) is 0 Å². The summed E-state index contributed by atoms with van der Waals surface area (Å²) in [5.74, 6) is -0.431. The van der Waals surface area contributed by atoms with Crippen molar-refractivity contribution in [2.24, 2.45) is 0 Å². The van der Waals surface area contributed by atoms with Gasteiger partial charge in [-0.2, -0.15) is 8.42 Å². The average Bonchev–Trinajstić information content (AvgIpc) is 2.01. The van der Waals surface area contributed by atoms with Crippen LogP contribution < -0.4 is 5.32 Å². The molecule has 0 aromatic rings. The minimum absolute atomic E-state index is 0.285. The largest absolute Gasteiger partial charge is 0.348 e. The summed E-state index contributed by atoms with van der Waals surface area (Å²) in [5, 5.41) is 2.45. The summed E-state index contributed by atoms with van der Waals surface area (Å²) in [6, 6.07) is -0.711. The summed E-state index contributed by atoms with van der Waals surface area (Å²) < 4.78 is 29.6. The van der Waals surface area contributed by atoms with Crippen LogP contribution in [0.15, 0.2) is 12.2 Å². The average molecular weight is 235 g/mol. The fraction of sp³-hybridized carbons (Fsp3) is 0.667. The molecular formula is C9H17NO4S. The standard InChI is InChI=1S/C9H17NO4S/c1-6(2)8(11)10-7(3)9(4,5)15(12,13)14/h7H,1H2,2-5H3,(H,10,11)(H,12,13,14). The van der Waals surface area contributed by atoms with Gasteiger partial charge in [-0.05, 0) is 27.7 Å². The van der Waals surface area contributed by atoms with Gasteiger partial charge in [-0.15, -0.1) is 0 Å². The number of hydrogen-bond donors (Lipinski definition) is 2. The first kappa shape index (κ1) is 14.1. The lowest BCUT2D eigenvalue weighted by Gasteiger charge is -2.29. The van der Waals surface area contributed by atoms with Crippen molar-refractivity contribution in [3.05, 3.63) is 12.2 Å². The highest BCUT2D eigenvalue weighted by Crippen LogP contribution is 2.19. The Bertz CT molecular complexity index is 370. The van der Waals surface area contributed by atoms with Gasteiger partial charge in [0, 0.05) is 11.6 Å². The molecule has 15 heavy (non-hydrogen) atoms. The molecule has 0 saturated carbocycles. The number of amides is 1. The lowest BCUT2D eigenvalue weighted by Crippen LogP contribution is -2.51. The minimum Gasteiger partial charge on any atom is -0.348 e. The quantitative estimate of drug-likeness (QED) is 0.556. The molecular weight excluding hydrogens is 218 g/mol. The lowest BCUT2D eigenvalue weighted by atomic mass is 10.1. The van der Waals surface area contributed by atoms with Gasteiger partial charge in [0.15, 0.2) is 0 Å². The van der Waals surface area contributed by atoms with Crippen LogP contribution in [0.3, 0.4) is 0 Å². The molecule has 88 valence electrons. The van der Waals surface area contributed by atoms with Gasteiger partial charge in [-0.3, -0.25) is 9.35 Å². The maximum Gasteiger partial charge on any atom is 0.272 e. The van der Waals surface area contributed by atoms with E-state index in [1.54, 1.807) is 0 Å². The predicted molar refractivity (Wildman–Crippen MR) is 58.0 cm³/mol. The minimum atomic E-state index is -4.22. The summed E-state index contributed by atoms with van der Waals surface area (Å²) in [5.41, 5.74) is 0.285. The van der Waals surface area contributed by atoms with Gasteiger partial charge >= 0.3 is 0 Å². The maximum absolute atomic E-state index is 11.2. The van der Waals surface area contributed by atoms with E-state index in [0.717, 1.165) is 0 Å². The highest BCUT2D eigenvalue weighted by atomic mass is 32.2. The lowest BCUT2D eigenvalue weighted by molar-refractivity contribution is -0.118. The van der Waals surface area contributed by atoms with Crippen LogP contribution in [-0.2, 0) is 14.9 Å². The van der Waals surface area contributed by atoms with Crippen molar-refractivity contribution in [3.8, 4) is 0 Å². The fourth-order valence-corrected chi connectivity index (χ4v) is 1.22. The molecule has 1 unspecified atom stereocenters. The number of hydrogen-bond acceptors (Lipinski definition) is 3. The highest BCUT2D eigenvalue weighted by molar-refractivity contribution is 7.87. The van der Waals surface area contributed by atoms with E-state index >= 15 is 0 Å². The van der Waals surface area contributed by atoms with Crippen molar-refractivity contribution in [2.75, 3.05) is 0 Å². The Kier molecular flexibility index (Phi) is 4.07. The zero-order valence-electron chi connectivity index (χ0n) is 9.36. The molecule has 0 rings (SSSR count). The first-order valence-electron chi connectivity index (χ1n) is 4.43. The molecule has 1 amide bonds. The Labute approximate surface area is 90.3 Å². The summed E-state index contributed by atoms with van der Waals surface area (Å²) in [7, 11) is -4.22. The Morgan fingerprint density at radius 1 is 1.47 bits per heavy atom. The Morgan fingerprint density at radius 2 is 1.87 bits per heavy atom. The van der Waals surface area contributed by atoms with Crippen LogP contribution >= 0.6 is 0 Å². The molecule has 6 heteroatoms. The predicted octanol–water partition coefficient (Wildman–Crippen LogP) is 0.734. The van der Waals surface area contributed by atoms with Gasteiger partial charge in [-0.25, -0.2) is 0 Å². The van der Waals surface area contributed by atoms with Crippen molar-refractivity contribution < 1.29 is 17.8 Å². The van der Waals surface area contributed by atoms with E-state index in [1.165, 1.54) is 27.7 Å². The molecule has 0 radical (unpaired) electrons. The second-order valence-corrected chi connectivity index (χ2v) is 6.06. The summed E-state index contributed by atoms with van der Waals surface area (Å²) in [6.45, 7) is 9.13. The zero-order chi connectivity index (χ0) is 12.4. The molecule has 5 nitrogen and oxygen atoms in total. The number of carbonyl (C=O) groups excluding carboxylic acids is 1. The maximum atomic E-state index is 11.2. The van der Waals surface area contributed by atoms with Crippen LogP contribution in [0.1, 0.15) is 27.7 Å². The van der Waals surface area contributed by atoms with Crippen molar-refractivity contribution in [3.63, 3.8) is 0 Å². The van der Waals surface area contributed by atoms with Crippen LogP contribution in [-0.4, -0.2) is 29.7 Å². The molecule has 0 aliphatic carbocycles. The van der Waals surface area contributed by atoms with Gasteiger partial charge < -0.3 is 5.32 Å². The first-order chi connectivity index (χ1) is 6.50. The van der Waals surface area contributed by atoms with E-state index in [-0.39, 0.29) is 5.57 Å². The second-order valence-electron chi connectivity index (χ2n) is 4.05. The second kappa shape index (κ2) is 4.32. The van der Waals surface area contributed by atoms with Crippen LogP contribution in [0, 0.1) is 0 Å². The van der Waals surface area contributed by atoms with Crippen LogP contribution in [0.2, 0.25) is 0 Å². The molecule has 0 spiro atoms. The first-order valence-corrected chi connectivity index (χ1v) is 5.87. The third-order valence-electron chi connectivity index (χ3n) is 2.44. The normalized spacial score (nSPS) is 14.5. The molecule has 2 N–H and O–H groups in total. The summed E-state index contributed by atoms with van der Waals surface area (Å²) in [4.78, 5) is 11.2. The molecule has 0 aromatic carbocycles. The monoisotopic (exact) mass is 235 g/mol. The summed E-state index contributed by atoms with van der Waals surface area (Å²) >= 11 is 0. The molecule has 0 heterocycles. The molecule has 0 bridgehead atoms. The fourth-order valence-electron chi connectivity index (χ4n) is 0.717. The van der Waals surface area contributed by atoms with Gasteiger partial charge in [0.05, 0.1) is 0 Å². The smallest absolute Gasteiger partial charge is 0.272 e. The van der Waals surface area contributed by atoms with Crippen molar-refractivity contribution in [1.29, 1.82) is 0 Å². The van der Waals surface area contributed by atoms with Gasteiger partial charge in [0.25, 0.3) is 10.1 Å². The molecule has 0 aromatic heterocycles. The summed E-state index contributed by atoms with van der Waals surface area (Å²) in [6.07, 6.45) is 0. The van der Waals surface area contributed by atoms with Crippen molar-refractivity contribution in [2.45, 2.75) is 38.5 Å².